The standard InChI is InChI=1S/C7H7FO.C5H9P/c1-6-2-4-7(9-8)5-3-6;1-3-5(2)4-6/h2-5H,1H3;3-4,6H,1-2H3/b;5-3-. The van der Waals surface area contributed by atoms with Crippen molar-refractivity contribution in [3.8, 4) is 5.75 Å². The summed E-state index contributed by atoms with van der Waals surface area (Å²) in [7, 11) is 3.22. The van der Waals surface area contributed by atoms with Crippen LogP contribution in [0.15, 0.2) is 35.9 Å². The van der Waals surface area contributed by atoms with Crippen LogP contribution in [0, 0.1) is 6.92 Å². The van der Waals surface area contributed by atoms with Crippen LogP contribution in [0.2, 0.25) is 0 Å². The van der Waals surface area contributed by atoms with Gasteiger partial charge < -0.3 is 0 Å². The second kappa shape index (κ2) is 8.19. The third-order valence-corrected chi connectivity index (χ3v) is 2.25. The first-order valence-electron chi connectivity index (χ1n) is 4.62. The topological polar surface area (TPSA) is 9.23 Å². The molecule has 0 fully saturated rings. The molecule has 0 unspecified atom stereocenters. The molecule has 0 aliphatic heterocycles. The van der Waals surface area contributed by atoms with Crippen LogP contribution in [-0.2, 0) is 0 Å². The Balaban J connectivity index is 0.000000288. The molecule has 0 aliphatic carbocycles. The fourth-order valence-electron chi connectivity index (χ4n) is 0.673. The smallest absolute Gasteiger partial charge is 0.171 e. The Kier molecular flexibility index (Phi) is 7.57. The van der Waals surface area contributed by atoms with E-state index in [1.54, 1.807) is 24.3 Å². The third kappa shape index (κ3) is 6.87. The van der Waals surface area contributed by atoms with Crippen molar-refractivity contribution in [1.29, 1.82) is 0 Å². The van der Waals surface area contributed by atoms with Crippen LogP contribution in [0.4, 0.5) is 4.53 Å². The molecule has 1 nitrogen and oxygen atoms in total. The normalized spacial score (nSPS) is 10.0. The monoisotopic (exact) mass is 226 g/mol. The van der Waals surface area contributed by atoms with Gasteiger partial charge in [-0.1, -0.05) is 29.3 Å². The highest BCUT2D eigenvalue weighted by Crippen LogP contribution is 2.10. The van der Waals surface area contributed by atoms with Gasteiger partial charge in [0.2, 0.25) is 0 Å². The highest BCUT2D eigenvalue weighted by Gasteiger charge is 1.88. The van der Waals surface area contributed by atoms with Crippen molar-refractivity contribution in [2.45, 2.75) is 20.8 Å². The van der Waals surface area contributed by atoms with Crippen molar-refractivity contribution in [2.75, 3.05) is 0 Å². The van der Waals surface area contributed by atoms with Crippen LogP contribution in [0.1, 0.15) is 19.4 Å². The highest BCUT2D eigenvalue weighted by atomic mass is 31.0. The van der Waals surface area contributed by atoms with E-state index in [0.29, 0.717) is 0 Å². The van der Waals surface area contributed by atoms with Gasteiger partial charge in [0.25, 0.3) is 0 Å². The Bertz CT molecular complexity index is 317. The van der Waals surface area contributed by atoms with E-state index >= 15 is 0 Å². The Morgan fingerprint density at radius 2 is 1.87 bits per heavy atom. The fourth-order valence-corrected chi connectivity index (χ4v) is 0.840. The molecule has 0 bridgehead atoms. The first kappa shape index (κ1) is 13.9. The number of halogens is 1. The maximum absolute atomic E-state index is 11.4. The maximum atomic E-state index is 11.4. The quantitative estimate of drug-likeness (QED) is 0.688. The van der Waals surface area contributed by atoms with Crippen molar-refractivity contribution < 1.29 is 9.47 Å². The number of hydrogen-bond acceptors (Lipinski definition) is 1. The second-order valence-electron chi connectivity index (χ2n) is 3.07. The van der Waals surface area contributed by atoms with Crippen molar-refractivity contribution in [2.24, 2.45) is 0 Å². The predicted molar refractivity (Wildman–Crippen MR) is 66.7 cm³/mol. The van der Waals surface area contributed by atoms with Crippen molar-refractivity contribution >= 4 is 14.7 Å². The molecule has 1 rings (SSSR count). The van der Waals surface area contributed by atoms with Crippen LogP contribution in [0.5, 0.6) is 5.75 Å². The van der Waals surface area contributed by atoms with Crippen LogP contribution in [0.25, 0.3) is 0 Å². The minimum Gasteiger partial charge on any atom is -0.294 e. The molecule has 0 atom stereocenters. The molecule has 0 saturated carbocycles. The van der Waals surface area contributed by atoms with E-state index in [1.165, 1.54) is 5.57 Å². The van der Waals surface area contributed by atoms with E-state index in [-0.39, 0.29) is 5.75 Å². The molecule has 1 aromatic carbocycles. The maximum Gasteiger partial charge on any atom is 0.171 e. The summed E-state index contributed by atoms with van der Waals surface area (Å²) in [6.45, 7) is 5.97. The molecule has 0 heterocycles. The molecule has 1 aromatic rings. The van der Waals surface area contributed by atoms with Crippen LogP contribution < -0.4 is 4.94 Å². The molecule has 0 saturated heterocycles. The van der Waals surface area contributed by atoms with Gasteiger partial charge in [-0.15, -0.1) is 8.86 Å². The Morgan fingerprint density at radius 3 is 2.13 bits per heavy atom. The SMILES string of the molecule is C/C=C(/C)C=P.Cc1ccc(OF)cc1. The van der Waals surface area contributed by atoms with Gasteiger partial charge in [0.1, 0.15) is 0 Å². The van der Waals surface area contributed by atoms with Crippen LogP contribution in [0.3, 0.4) is 0 Å². The molecule has 0 amide bonds. The lowest BCUT2D eigenvalue weighted by atomic mass is 10.2. The number of aryl methyl sites for hydroxylation is 1. The molecular weight excluding hydrogens is 210 g/mol. The largest absolute Gasteiger partial charge is 0.294 e. The molecule has 0 radical (unpaired) electrons. The van der Waals surface area contributed by atoms with Gasteiger partial charge in [-0.25, -0.2) is 0 Å². The molecule has 0 aromatic heterocycles. The average Bonchev–Trinajstić information content (AvgIpc) is 2.30. The second-order valence-corrected chi connectivity index (χ2v) is 3.36. The summed E-state index contributed by atoms with van der Waals surface area (Å²) in [6.07, 6.45) is 2.03. The van der Waals surface area contributed by atoms with Gasteiger partial charge in [0, 0.05) is 4.53 Å². The Morgan fingerprint density at radius 1 is 1.33 bits per heavy atom. The number of rotatable bonds is 2. The lowest BCUT2D eigenvalue weighted by molar-refractivity contribution is -0.00621. The zero-order chi connectivity index (χ0) is 11.7. The van der Waals surface area contributed by atoms with Crippen LogP contribution in [-0.4, -0.2) is 5.80 Å². The summed E-state index contributed by atoms with van der Waals surface area (Å²) in [5.41, 5.74) is 2.35. The molecule has 0 spiro atoms. The van der Waals surface area contributed by atoms with Crippen LogP contribution >= 0.6 is 8.86 Å². The predicted octanol–water partition coefficient (Wildman–Crippen LogP) is 4.16. The fraction of sp³-hybridized carbons (Fsp3) is 0.250. The first-order chi connectivity index (χ1) is 7.13. The van der Waals surface area contributed by atoms with Gasteiger partial charge in [-0.05, 0) is 38.7 Å². The van der Waals surface area contributed by atoms with E-state index in [1.807, 2.05) is 32.6 Å². The van der Waals surface area contributed by atoms with E-state index in [0.717, 1.165) is 5.56 Å². The molecule has 3 heteroatoms. The molecular formula is C12H16FOP. The van der Waals surface area contributed by atoms with E-state index in [4.69, 9.17) is 0 Å². The lowest BCUT2D eigenvalue weighted by Crippen LogP contribution is -1.75. The van der Waals surface area contributed by atoms with Gasteiger partial charge in [0.15, 0.2) is 5.75 Å². The number of benzene rings is 1. The van der Waals surface area contributed by atoms with E-state index in [2.05, 4.69) is 13.8 Å². The molecule has 15 heavy (non-hydrogen) atoms. The van der Waals surface area contributed by atoms with Gasteiger partial charge >= 0.3 is 0 Å². The van der Waals surface area contributed by atoms with Gasteiger partial charge in [-0.3, -0.25) is 4.94 Å². The Hall–Kier alpha value is -1.14. The molecule has 0 N–H and O–H groups in total. The lowest BCUT2D eigenvalue weighted by Gasteiger charge is -1.92. The molecule has 0 aliphatic rings. The Labute approximate surface area is 92.7 Å². The van der Waals surface area contributed by atoms with E-state index in [9.17, 15) is 4.53 Å². The summed E-state index contributed by atoms with van der Waals surface area (Å²) in [6, 6.07) is 6.73. The summed E-state index contributed by atoms with van der Waals surface area (Å²) in [4.78, 5) is 3.47. The van der Waals surface area contributed by atoms with Gasteiger partial charge in [0.05, 0.1) is 0 Å². The third-order valence-electron chi connectivity index (χ3n) is 1.79. The average molecular weight is 226 g/mol. The van der Waals surface area contributed by atoms with Gasteiger partial charge in [-0.2, -0.15) is 0 Å². The van der Waals surface area contributed by atoms with E-state index < -0.39 is 0 Å². The minimum absolute atomic E-state index is 0.251. The summed E-state index contributed by atoms with van der Waals surface area (Å²) < 4.78 is 11.4. The minimum atomic E-state index is 0.251. The number of hydrogen-bond donors (Lipinski definition) is 0. The van der Waals surface area contributed by atoms with Crippen molar-refractivity contribution in [1.82, 2.24) is 0 Å². The highest BCUT2D eigenvalue weighted by molar-refractivity contribution is 7.19. The summed E-state index contributed by atoms with van der Waals surface area (Å²) in [5.74, 6) is 2.14. The van der Waals surface area contributed by atoms with Crippen molar-refractivity contribution in [3.63, 3.8) is 0 Å². The summed E-state index contributed by atoms with van der Waals surface area (Å²) >= 11 is 0. The zero-order valence-electron chi connectivity index (χ0n) is 9.25. The molecule has 82 valence electrons. The number of allylic oxidation sites excluding steroid dienone is 2. The van der Waals surface area contributed by atoms with Crippen molar-refractivity contribution in [3.05, 3.63) is 41.5 Å². The first-order valence-corrected chi connectivity index (χ1v) is 5.20. The summed E-state index contributed by atoms with van der Waals surface area (Å²) in [5, 5.41) is 0. The zero-order valence-corrected chi connectivity index (χ0v) is 10.3.